The van der Waals surface area contributed by atoms with Crippen LogP contribution < -0.4 is 10.6 Å². The van der Waals surface area contributed by atoms with Gasteiger partial charge in [-0.2, -0.15) is 0 Å². The van der Waals surface area contributed by atoms with Gasteiger partial charge in [0.05, 0.1) is 6.61 Å². The smallest absolute Gasteiger partial charge is 0.329 e. The van der Waals surface area contributed by atoms with Gasteiger partial charge >= 0.3 is 12.0 Å². The summed E-state index contributed by atoms with van der Waals surface area (Å²) >= 11 is 0. The first kappa shape index (κ1) is 14.7. The Morgan fingerprint density at radius 2 is 1.88 bits per heavy atom. The van der Waals surface area contributed by atoms with Crippen LogP contribution >= 0.6 is 0 Å². The van der Waals surface area contributed by atoms with Crippen molar-refractivity contribution in [3.63, 3.8) is 0 Å². The van der Waals surface area contributed by atoms with Crippen LogP contribution in [0.1, 0.15) is 0 Å². The summed E-state index contributed by atoms with van der Waals surface area (Å²) in [6, 6.07) is -0.277. The minimum absolute atomic E-state index is 0.188. The molecule has 0 aromatic heterocycles. The van der Waals surface area contributed by atoms with Crippen molar-refractivity contribution in [3.8, 4) is 0 Å². The number of carboxylic acid groups (broad SMARTS) is 1. The van der Waals surface area contributed by atoms with Crippen LogP contribution in [0.3, 0.4) is 0 Å². The van der Waals surface area contributed by atoms with Crippen LogP contribution in [0.2, 0.25) is 0 Å². The monoisotopic (exact) mass is 233 g/mol. The van der Waals surface area contributed by atoms with Crippen molar-refractivity contribution in [2.45, 2.75) is 0 Å². The predicted octanol–water partition coefficient (Wildman–Crippen LogP) is -1.05. The molecule has 16 heavy (non-hydrogen) atoms. The highest BCUT2D eigenvalue weighted by Crippen LogP contribution is 1.75. The van der Waals surface area contributed by atoms with Gasteiger partial charge in [-0.05, 0) is 14.1 Å². The molecule has 0 saturated heterocycles. The lowest BCUT2D eigenvalue weighted by atomic mass is 10.6. The lowest BCUT2D eigenvalue weighted by Gasteiger charge is -2.11. The standard InChI is InChI=1S/C9H19N3O4/c1-12(2)5-3-10-9(15)11-4-6-16-7-8(13)14/h3-7H2,1-2H3,(H,13,14)(H2,10,11,15). The maximum Gasteiger partial charge on any atom is 0.329 e. The summed E-state index contributed by atoms with van der Waals surface area (Å²) in [6.07, 6.45) is 0. The van der Waals surface area contributed by atoms with Gasteiger partial charge in [0, 0.05) is 19.6 Å². The van der Waals surface area contributed by atoms with Crippen molar-refractivity contribution >= 4 is 12.0 Å². The van der Waals surface area contributed by atoms with Crippen molar-refractivity contribution in [3.05, 3.63) is 0 Å². The number of hydrogen-bond acceptors (Lipinski definition) is 4. The summed E-state index contributed by atoms with van der Waals surface area (Å²) in [5.74, 6) is -1.02. The summed E-state index contributed by atoms with van der Waals surface area (Å²) in [4.78, 5) is 23.1. The van der Waals surface area contributed by atoms with Crippen LogP contribution in [0.15, 0.2) is 0 Å². The minimum Gasteiger partial charge on any atom is -0.480 e. The first-order valence-corrected chi connectivity index (χ1v) is 4.98. The Kier molecular flexibility index (Phi) is 8.18. The highest BCUT2D eigenvalue weighted by atomic mass is 16.5. The molecule has 0 aliphatic heterocycles. The van der Waals surface area contributed by atoms with Crippen molar-refractivity contribution < 1.29 is 19.4 Å². The number of nitrogens with one attached hydrogen (secondary N) is 2. The number of carbonyl (C=O) groups is 2. The number of hydrogen-bond donors (Lipinski definition) is 3. The molecule has 0 aromatic rings. The lowest BCUT2D eigenvalue weighted by molar-refractivity contribution is -0.142. The number of likely N-dealkylation sites (N-methyl/N-ethyl adjacent to an activating group) is 1. The number of urea groups is 1. The molecule has 0 bridgehead atoms. The molecule has 0 radical (unpaired) electrons. The SMILES string of the molecule is CN(C)CCNC(=O)NCCOCC(=O)O. The van der Waals surface area contributed by atoms with Gasteiger partial charge in [0.15, 0.2) is 0 Å². The Morgan fingerprint density at radius 3 is 2.44 bits per heavy atom. The van der Waals surface area contributed by atoms with Crippen LogP contribution in [0.25, 0.3) is 0 Å². The summed E-state index contributed by atoms with van der Waals surface area (Å²) in [5.41, 5.74) is 0. The van der Waals surface area contributed by atoms with Crippen molar-refractivity contribution in [1.29, 1.82) is 0 Å². The zero-order valence-electron chi connectivity index (χ0n) is 9.65. The van der Waals surface area contributed by atoms with E-state index in [0.29, 0.717) is 13.1 Å². The number of rotatable bonds is 8. The molecule has 7 nitrogen and oxygen atoms in total. The van der Waals surface area contributed by atoms with Gasteiger partial charge in [-0.15, -0.1) is 0 Å². The van der Waals surface area contributed by atoms with Gasteiger partial charge in [0.1, 0.15) is 6.61 Å². The molecule has 0 aromatic carbocycles. The van der Waals surface area contributed by atoms with Crippen LogP contribution in [-0.4, -0.2) is 69.0 Å². The van der Waals surface area contributed by atoms with Crippen molar-refractivity contribution in [2.75, 3.05) is 46.9 Å². The van der Waals surface area contributed by atoms with E-state index in [1.165, 1.54) is 0 Å². The van der Waals surface area contributed by atoms with E-state index >= 15 is 0 Å². The predicted molar refractivity (Wildman–Crippen MR) is 58.4 cm³/mol. The maximum absolute atomic E-state index is 11.1. The quantitative estimate of drug-likeness (QED) is 0.465. The Balaban J connectivity index is 3.27. The molecule has 0 aliphatic rings. The minimum atomic E-state index is -1.02. The number of ether oxygens (including phenoxy) is 1. The zero-order chi connectivity index (χ0) is 12.4. The summed E-state index contributed by atoms with van der Waals surface area (Å²) < 4.78 is 4.74. The van der Waals surface area contributed by atoms with Crippen LogP contribution in [0.4, 0.5) is 4.79 Å². The average Bonchev–Trinajstić information content (AvgIpc) is 2.16. The number of carbonyl (C=O) groups excluding carboxylic acids is 1. The van der Waals surface area contributed by atoms with Crippen molar-refractivity contribution in [2.24, 2.45) is 0 Å². The Labute approximate surface area is 94.7 Å². The maximum atomic E-state index is 11.1. The molecule has 0 fully saturated rings. The molecule has 0 aliphatic carbocycles. The third-order valence-electron chi connectivity index (χ3n) is 1.60. The highest BCUT2D eigenvalue weighted by molar-refractivity contribution is 5.73. The van der Waals surface area contributed by atoms with Gasteiger partial charge in [-0.3, -0.25) is 0 Å². The molecule has 0 heterocycles. The molecule has 94 valence electrons. The number of carboxylic acids is 1. The van der Waals surface area contributed by atoms with E-state index in [0.717, 1.165) is 6.54 Å². The molecular formula is C9H19N3O4. The fraction of sp³-hybridized carbons (Fsp3) is 0.778. The number of nitrogens with zero attached hydrogens (tertiary/aromatic N) is 1. The van der Waals surface area contributed by atoms with E-state index < -0.39 is 5.97 Å². The van der Waals surface area contributed by atoms with E-state index in [1.54, 1.807) is 0 Å². The molecular weight excluding hydrogens is 214 g/mol. The van der Waals surface area contributed by atoms with Crippen LogP contribution in [0.5, 0.6) is 0 Å². The van der Waals surface area contributed by atoms with Gasteiger partial charge in [-0.25, -0.2) is 9.59 Å². The molecule has 0 rings (SSSR count). The van der Waals surface area contributed by atoms with Gasteiger partial charge < -0.3 is 25.4 Å². The van der Waals surface area contributed by atoms with Gasteiger partial charge in [0.2, 0.25) is 0 Å². The fourth-order valence-electron chi connectivity index (χ4n) is 0.852. The number of amides is 2. The Hall–Kier alpha value is -1.34. The second kappa shape index (κ2) is 8.93. The Bertz CT molecular complexity index is 221. The topological polar surface area (TPSA) is 90.9 Å². The van der Waals surface area contributed by atoms with Gasteiger partial charge in [0.25, 0.3) is 0 Å². The van der Waals surface area contributed by atoms with Gasteiger partial charge in [-0.1, -0.05) is 0 Å². The summed E-state index contributed by atoms with van der Waals surface area (Å²) in [7, 11) is 3.83. The summed E-state index contributed by atoms with van der Waals surface area (Å²) in [6.45, 7) is 1.47. The van der Waals surface area contributed by atoms with E-state index in [4.69, 9.17) is 9.84 Å². The second-order valence-corrected chi connectivity index (χ2v) is 3.43. The second-order valence-electron chi connectivity index (χ2n) is 3.43. The first-order valence-electron chi connectivity index (χ1n) is 4.98. The van der Waals surface area contributed by atoms with E-state index in [9.17, 15) is 9.59 Å². The number of aliphatic carboxylic acids is 1. The van der Waals surface area contributed by atoms with Crippen molar-refractivity contribution in [1.82, 2.24) is 15.5 Å². The zero-order valence-corrected chi connectivity index (χ0v) is 9.65. The molecule has 0 saturated carbocycles. The Morgan fingerprint density at radius 1 is 1.25 bits per heavy atom. The molecule has 0 atom stereocenters. The van der Waals surface area contributed by atoms with E-state index in [1.807, 2.05) is 19.0 Å². The third-order valence-corrected chi connectivity index (χ3v) is 1.60. The lowest BCUT2D eigenvalue weighted by Crippen LogP contribution is -2.40. The van der Waals surface area contributed by atoms with E-state index in [-0.39, 0.29) is 19.2 Å². The highest BCUT2D eigenvalue weighted by Gasteiger charge is 2.00. The largest absolute Gasteiger partial charge is 0.480 e. The first-order chi connectivity index (χ1) is 7.52. The fourth-order valence-corrected chi connectivity index (χ4v) is 0.852. The van der Waals surface area contributed by atoms with Crippen LogP contribution in [0, 0.1) is 0 Å². The molecule has 2 amide bonds. The normalized spacial score (nSPS) is 10.2. The molecule has 3 N–H and O–H groups in total. The third kappa shape index (κ3) is 10.7. The molecule has 7 heteroatoms. The summed E-state index contributed by atoms with van der Waals surface area (Å²) in [5, 5.41) is 13.5. The average molecular weight is 233 g/mol. The van der Waals surface area contributed by atoms with Crippen LogP contribution in [-0.2, 0) is 9.53 Å². The molecule has 0 spiro atoms. The van der Waals surface area contributed by atoms with E-state index in [2.05, 4.69) is 10.6 Å². The molecule has 0 unspecified atom stereocenters.